The van der Waals surface area contributed by atoms with Crippen molar-refractivity contribution >= 4 is 46.4 Å². The van der Waals surface area contributed by atoms with Crippen LogP contribution in [0.1, 0.15) is 78.9 Å². The normalized spacial score (nSPS) is 15.0. The van der Waals surface area contributed by atoms with Gasteiger partial charge in [0, 0.05) is 5.69 Å². The number of aromatic nitrogens is 3. The van der Waals surface area contributed by atoms with Gasteiger partial charge in [-0.25, -0.2) is 0 Å². The average Bonchev–Trinajstić information content (AvgIpc) is 1.66. The molecule has 0 unspecified atom stereocenters. The third-order valence-corrected chi connectivity index (χ3v) is 15.4. The standard InChI is InChI=1S/C70H62BN5O.Pt/c1-48-39-66(76-65-38-23-22-37-64(65)75(56-30-16-11-17-31-56)71(76)55-28-14-10-15-29-55)72-67(40-48)77-58-44-52(59-32-19-18-25-49(59)2)43-57(46-58)73-47-74(63-36-21-20-35-62(63)73)68-60(50-26-12-9-13-27-50)33-24-34-61(68)51-41-53(69(3,4)5)45-54(42-51)70(6,7)8;/h9-46H,1-8H3;/i1D3,2D3,9D,12D,13D,26D,27D;. The minimum atomic E-state index is -2.62. The van der Waals surface area contributed by atoms with Crippen molar-refractivity contribution in [3.63, 3.8) is 0 Å². The molecule has 9 aromatic carbocycles. The first-order valence-electron chi connectivity index (χ1n) is 31.5. The molecule has 11 aromatic rings. The minimum absolute atomic E-state index is 0.0209. The molecule has 0 aliphatic carbocycles. The van der Waals surface area contributed by atoms with E-state index in [0.717, 1.165) is 44.8 Å². The molecule has 3 heterocycles. The molecule has 0 saturated carbocycles. The molecule has 386 valence electrons. The molecule has 8 heteroatoms. The van der Waals surface area contributed by atoms with E-state index in [9.17, 15) is 2.74 Å². The van der Waals surface area contributed by atoms with Crippen LogP contribution in [-0.2, 0) is 30.2 Å². The molecule has 0 spiro atoms. The van der Waals surface area contributed by atoms with Crippen LogP contribution in [-0.4, -0.2) is 21.1 Å². The van der Waals surface area contributed by atoms with Gasteiger partial charge in [0.15, 0.2) is 0 Å². The second kappa shape index (κ2) is 20.3. The number of nitrogens with zero attached hydrogens (tertiary/aromatic N) is 5. The van der Waals surface area contributed by atoms with E-state index in [1.807, 2.05) is 143 Å². The van der Waals surface area contributed by atoms with E-state index >= 15 is 0 Å². The molecule has 0 radical (unpaired) electrons. The Hall–Kier alpha value is -8.25. The number of hydrogen-bond acceptors (Lipinski definition) is 4. The fraction of sp³-hybridized carbons (Fsp3) is 0.143. The number of imidazole rings is 1. The first-order chi connectivity index (χ1) is 42.2. The van der Waals surface area contributed by atoms with Crippen LogP contribution in [0, 0.1) is 17.5 Å². The fourth-order valence-electron chi connectivity index (χ4n) is 10.6. The van der Waals surface area contributed by atoms with Crippen molar-refractivity contribution in [3.8, 4) is 56.4 Å². The van der Waals surface area contributed by atoms with Gasteiger partial charge >= 0.3 is 404 Å². The van der Waals surface area contributed by atoms with E-state index in [0.29, 0.717) is 48.7 Å². The maximum absolute atomic E-state index is 9.43. The zero-order valence-electron chi connectivity index (χ0n) is 55.1. The van der Waals surface area contributed by atoms with E-state index in [1.165, 1.54) is 6.07 Å². The number of ether oxygens (including phenoxy) is 1. The zero-order valence-corrected chi connectivity index (χ0v) is 46.4. The number of fused-ring (bicyclic) bond motifs is 2. The third-order valence-electron chi connectivity index (χ3n) is 14.4. The number of anilines is 4. The van der Waals surface area contributed by atoms with Crippen LogP contribution in [0.2, 0.25) is 0 Å². The summed E-state index contributed by atoms with van der Waals surface area (Å²) in [7, 11) is 0. The fourth-order valence-corrected chi connectivity index (χ4v) is 11.7. The van der Waals surface area contributed by atoms with Crippen molar-refractivity contribution in [2.75, 3.05) is 9.62 Å². The van der Waals surface area contributed by atoms with Gasteiger partial charge in [-0.2, -0.15) is 0 Å². The SMILES string of the molecule is [2H]c1c([2H])c([2H])c(-c2cccc(-c3cc(C(C)(C)C)cc(C(C)(C)C)c3)c2-n2[c](=[Pt])n(-c3cc(Oc4cc(C([2H])([2H])[2H])cc(N5B(c6ccccc6)N(c6ccccc6)c6ccccc65)n4)cc(-c4ccccc4C([2H])([2H])[2H])c3)c3ccccc32)c([2H])c1[2H]. The van der Waals surface area contributed by atoms with Gasteiger partial charge < -0.3 is 0 Å². The summed E-state index contributed by atoms with van der Waals surface area (Å²) >= 11 is 2.27. The molecule has 0 atom stereocenters. The van der Waals surface area contributed by atoms with Crippen LogP contribution in [0.5, 0.6) is 11.6 Å². The van der Waals surface area contributed by atoms with Crippen LogP contribution >= 0.6 is 0 Å². The first-order valence-corrected chi connectivity index (χ1v) is 27.1. The summed E-state index contributed by atoms with van der Waals surface area (Å²) in [5, 5.41) is 0. The molecule has 0 fully saturated rings. The Balaban J connectivity index is 1.12. The molecular weight excluding hydrogens is 1130 g/mol. The Morgan fingerprint density at radius 3 is 1.78 bits per heavy atom. The van der Waals surface area contributed by atoms with Crippen molar-refractivity contribution in [2.24, 2.45) is 0 Å². The Kier molecular flexibility index (Phi) is 10.2. The van der Waals surface area contributed by atoms with E-state index in [4.69, 9.17) is 22.1 Å². The maximum atomic E-state index is 9.43. The number of hydrogen-bond donors (Lipinski definition) is 0. The topological polar surface area (TPSA) is 38.5 Å². The van der Waals surface area contributed by atoms with E-state index in [-0.39, 0.29) is 51.2 Å². The van der Waals surface area contributed by atoms with Crippen LogP contribution in [0.25, 0.3) is 55.8 Å². The van der Waals surface area contributed by atoms with Crippen molar-refractivity contribution in [1.82, 2.24) is 14.1 Å². The quantitative estimate of drug-likeness (QED) is 0.128. The molecule has 1 aliphatic heterocycles. The van der Waals surface area contributed by atoms with Crippen molar-refractivity contribution in [3.05, 3.63) is 256 Å². The predicted molar refractivity (Wildman–Crippen MR) is 322 cm³/mol. The van der Waals surface area contributed by atoms with Crippen LogP contribution in [0.4, 0.5) is 22.9 Å². The first kappa shape index (κ1) is 39.2. The Morgan fingerprint density at radius 2 is 1.10 bits per heavy atom. The molecule has 78 heavy (non-hydrogen) atoms. The average molecular weight is 1210 g/mol. The summed E-state index contributed by atoms with van der Waals surface area (Å²) in [5.74, 6) is 0.483. The van der Waals surface area contributed by atoms with Gasteiger partial charge in [0.2, 0.25) is 0 Å². The van der Waals surface area contributed by atoms with Gasteiger partial charge in [0.25, 0.3) is 0 Å². The van der Waals surface area contributed by atoms with Crippen LogP contribution in [0.3, 0.4) is 0 Å². The summed E-state index contributed by atoms with van der Waals surface area (Å²) in [6.45, 7) is 7.33. The van der Waals surface area contributed by atoms with Gasteiger partial charge in [0.05, 0.1) is 0 Å². The van der Waals surface area contributed by atoms with Crippen LogP contribution < -0.4 is 19.8 Å². The third kappa shape index (κ3) is 9.45. The van der Waals surface area contributed by atoms with Gasteiger partial charge in [-0.3, -0.25) is 0 Å². The molecule has 1 aliphatic rings. The summed E-state index contributed by atoms with van der Waals surface area (Å²) in [6.07, 6.45) is 0. The molecule has 0 amide bonds. The molecule has 2 aromatic heterocycles. The van der Waals surface area contributed by atoms with E-state index in [2.05, 4.69) is 88.5 Å². The van der Waals surface area contributed by atoms with Crippen LogP contribution in [0.15, 0.2) is 230 Å². The molecular formula is C70H62BN5OPt. The predicted octanol–water partition coefficient (Wildman–Crippen LogP) is 17.6. The number of pyridine rings is 1. The van der Waals surface area contributed by atoms with Crippen molar-refractivity contribution in [2.45, 2.75) is 66.1 Å². The Bertz CT molecular complexity index is 4590. The van der Waals surface area contributed by atoms with Gasteiger partial charge in [0.1, 0.15) is 0 Å². The summed E-state index contributed by atoms with van der Waals surface area (Å²) in [4.78, 5) is 9.44. The van der Waals surface area contributed by atoms with Gasteiger partial charge in [-0.05, 0) is 18.2 Å². The second-order valence-electron chi connectivity index (χ2n) is 21.7. The molecule has 0 N–H and O–H groups in total. The number of aryl methyl sites for hydroxylation is 2. The Labute approximate surface area is 485 Å². The van der Waals surface area contributed by atoms with Gasteiger partial charge in [-0.1, -0.05) is 60.7 Å². The summed E-state index contributed by atoms with van der Waals surface area (Å²) < 4.78 is 110. The van der Waals surface area contributed by atoms with Gasteiger partial charge in [-0.15, -0.1) is 0 Å². The molecule has 0 bridgehead atoms. The van der Waals surface area contributed by atoms with Crippen molar-refractivity contribution in [1.29, 1.82) is 0 Å². The number of rotatable bonds is 10. The number of para-hydroxylation sites is 6. The van der Waals surface area contributed by atoms with E-state index in [1.54, 1.807) is 42.5 Å². The van der Waals surface area contributed by atoms with Crippen molar-refractivity contribution < 1.29 is 39.2 Å². The zero-order chi connectivity index (χ0) is 63.2. The Morgan fingerprint density at radius 1 is 0.513 bits per heavy atom. The second-order valence-corrected chi connectivity index (χ2v) is 22.7. The monoisotopic (exact) mass is 1210 g/mol. The molecule has 12 rings (SSSR count). The molecule has 6 nitrogen and oxygen atoms in total. The van der Waals surface area contributed by atoms with E-state index < -0.39 is 38.8 Å². The number of benzene rings is 9. The summed E-state index contributed by atoms with van der Waals surface area (Å²) in [6, 6.07) is 61.0. The summed E-state index contributed by atoms with van der Waals surface area (Å²) in [5.41, 5.74) is 10.6. The molecule has 0 saturated heterocycles.